The number of ether oxygens (including phenoxy) is 3. The van der Waals surface area contributed by atoms with Gasteiger partial charge in [-0.1, -0.05) is 20.8 Å². The highest BCUT2D eigenvalue weighted by molar-refractivity contribution is 4.98. The zero-order chi connectivity index (χ0) is 19.8. The van der Waals surface area contributed by atoms with Crippen LogP contribution < -0.4 is 0 Å². The minimum atomic E-state index is -1.67. The lowest BCUT2D eigenvalue weighted by molar-refractivity contribution is -0.345. The van der Waals surface area contributed by atoms with Crippen LogP contribution in [-0.4, -0.2) is 110 Å². The fourth-order valence-electron chi connectivity index (χ4n) is 3.31. The second-order valence-corrected chi connectivity index (χ2v) is 7.92. The maximum Gasteiger partial charge on any atom is 0.187 e. The zero-order valence-electron chi connectivity index (χ0n) is 15.0. The maximum atomic E-state index is 10.5. The van der Waals surface area contributed by atoms with Gasteiger partial charge in [-0.3, -0.25) is 0 Å². The van der Waals surface area contributed by atoms with Crippen molar-refractivity contribution in [3.05, 3.63) is 0 Å². The molecule has 0 aromatic rings. The van der Waals surface area contributed by atoms with Crippen molar-refractivity contribution >= 4 is 0 Å². The Bertz CT molecular complexity index is 451. The third kappa shape index (κ3) is 4.20. The Kier molecular flexibility index (Phi) is 7.00. The van der Waals surface area contributed by atoms with E-state index in [1.54, 1.807) is 20.8 Å². The van der Waals surface area contributed by atoms with Gasteiger partial charge in [-0.25, -0.2) is 0 Å². The summed E-state index contributed by atoms with van der Waals surface area (Å²) in [7, 11) is 0. The standard InChI is InChI=1S/C16H30O10/c1-16(2,3)14-11(22)10(21)13(7(5-18)24-14)26-15-12(23)9(20)8(19)6(4-17)25-15/h6-15,17-23H,4-5H2,1-3H3/t6?,7?,8-,9-,10+,11?,12?,13+,14?,15-/m0/s1. The van der Waals surface area contributed by atoms with E-state index in [0.29, 0.717) is 0 Å². The molecule has 10 atom stereocenters. The second kappa shape index (κ2) is 8.31. The smallest absolute Gasteiger partial charge is 0.187 e. The minimum absolute atomic E-state index is 0.526. The molecular formula is C16H30O10. The summed E-state index contributed by atoms with van der Waals surface area (Å²) in [4.78, 5) is 0. The molecule has 2 aliphatic heterocycles. The van der Waals surface area contributed by atoms with Gasteiger partial charge >= 0.3 is 0 Å². The molecular weight excluding hydrogens is 352 g/mol. The molecule has 2 fully saturated rings. The number of rotatable bonds is 4. The quantitative estimate of drug-likeness (QED) is 0.261. The highest BCUT2D eigenvalue weighted by atomic mass is 16.7. The van der Waals surface area contributed by atoms with Crippen LogP contribution >= 0.6 is 0 Å². The Morgan fingerprint density at radius 3 is 1.81 bits per heavy atom. The number of hydrogen-bond acceptors (Lipinski definition) is 10. The van der Waals surface area contributed by atoms with Crippen molar-refractivity contribution in [3.8, 4) is 0 Å². The summed E-state index contributed by atoms with van der Waals surface area (Å²) >= 11 is 0. The van der Waals surface area contributed by atoms with Crippen molar-refractivity contribution < 1.29 is 50.0 Å². The zero-order valence-corrected chi connectivity index (χ0v) is 15.0. The minimum Gasteiger partial charge on any atom is -0.394 e. The summed E-state index contributed by atoms with van der Waals surface area (Å²) in [5.41, 5.74) is -0.526. The highest BCUT2D eigenvalue weighted by Gasteiger charge is 2.52. The molecule has 0 aromatic carbocycles. The van der Waals surface area contributed by atoms with Crippen LogP contribution in [0.25, 0.3) is 0 Å². The first-order chi connectivity index (χ1) is 12.0. The Hall–Kier alpha value is -0.400. The van der Waals surface area contributed by atoms with Crippen LogP contribution in [0.2, 0.25) is 0 Å². The van der Waals surface area contributed by atoms with Gasteiger partial charge in [0.1, 0.15) is 48.8 Å². The largest absolute Gasteiger partial charge is 0.394 e. The van der Waals surface area contributed by atoms with Gasteiger partial charge in [0, 0.05) is 0 Å². The summed E-state index contributed by atoms with van der Waals surface area (Å²) in [5.74, 6) is 0. The van der Waals surface area contributed by atoms with E-state index >= 15 is 0 Å². The third-order valence-corrected chi connectivity index (χ3v) is 4.86. The van der Waals surface area contributed by atoms with Crippen molar-refractivity contribution in [2.75, 3.05) is 13.2 Å². The van der Waals surface area contributed by atoms with Gasteiger partial charge in [0.2, 0.25) is 0 Å². The van der Waals surface area contributed by atoms with Crippen LogP contribution in [0.3, 0.4) is 0 Å². The van der Waals surface area contributed by atoms with Crippen molar-refractivity contribution in [1.29, 1.82) is 0 Å². The second-order valence-electron chi connectivity index (χ2n) is 7.92. The number of hydrogen-bond donors (Lipinski definition) is 7. The van der Waals surface area contributed by atoms with E-state index in [0.717, 1.165) is 0 Å². The molecule has 0 radical (unpaired) electrons. The Labute approximate surface area is 151 Å². The molecule has 0 bridgehead atoms. The summed E-state index contributed by atoms with van der Waals surface area (Å²) in [6.07, 6.45) is -13.4. The lowest BCUT2D eigenvalue weighted by Crippen LogP contribution is -2.65. The van der Waals surface area contributed by atoms with Gasteiger partial charge in [-0.15, -0.1) is 0 Å². The Morgan fingerprint density at radius 1 is 0.731 bits per heavy atom. The molecule has 5 unspecified atom stereocenters. The van der Waals surface area contributed by atoms with Gasteiger partial charge in [0.25, 0.3) is 0 Å². The SMILES string of the molecule is CC(C)(C)C1OC(CO)[C@@H](O[C@@H]2OC(CO)[C@H](O)[C@H](O)C2O)[C@H](O)C1O. The number of aliphatic hydroxyl groups excluding tert-OH is 7. The molecule has 0 aliphatic carbocycles. The molecule has 154 valence electrons. The van der Waals surface area contributed by atoms with Gasteiger partial charge in [-0.2, -0.15) is 0 Å². The molecule has 7 N–H and O–H groups in total. The van der Waals surface area contributed by atoms with Crippen LogP contribution in [-0.2, 0) is 14.2 Å². The predicted molar refractivity (Wildman–Crippen MR) is 85.9 cm³/mol. The first kappa shape index (κ1) is 21.9. The van der Waals surface area contributed by atoms with Crippen molar-refractivity contribution in [2.24, 2.45) is 5.41 Å². The first-order valence-corrected chi connectivity index (χ1v) is 8.61. The average molecular weight is 382 g/mol. The van der Waals surface area contributed by atoms with E-state index in [9.17, 15) is 35.7 Å². The van der Waals surface area contributed by atoms with Crippen molar-refractivity contribution in [3.63, 3.8) is 0 Å². The van der Waals surface area contributed by atoms with Gasteiger partial charge in [-0.05, 0) is 5.41 Å². The molecule has 26 heavy (non-hydrogen) atoms. The molecule has 2 rings (SSSR count). The molecule has 10 nitrogen and oxygen atoms in total. The lowest BCUT2D eigenvalue weighted by Gasteiger charge is -2.48. The van der Waals surface area contributed by atoms with Crippen LogP contribution in [0.4, 0.5) is 0 Å². The van der Waals surface area contributed by atoms with E-state index in [1.807, 2.05) is 0 Å². The number of aliphatic hydroxyl groups is 7. The predicted octanol–water partition coefficient (Wildman–Crippen LogP) is -3.30. The summed E-state index contributed by atoms with van der Waals surface area (Å²) < 4.78 is 16.4. The summed E-state index contributed by atoms with van der Waals surface area (Å²) in [5, 5.41) is 69.3. The fraction of sp³-hybridized carbons (Fsp3) is 1.00. The molecule has 10 heteroatoms. The molecule has 2 aliphatic rings. The maximum absolute atomic E-state index is 10.5. The molecule has 2 saturated heterocycles. The van der Waals surface area contributed by atoms with Gasteiger partial charge < -0.3 is 50.0 Å². The molecule has 0 spiro atoms. The van der Waals surface area contributed by atoms with Crippen LogP contribution in [0.15, 0.2) is 0 Å². The van der Waals surface area contributed by atoms with Gasteiger partial charge in [0.05, 0.1) is 19.3 Å². The third-order valence-electron chi connectivity index (χ3n) is 4.86. The van der Waals surface area contributed by atoms with E-state index in [4.69, 9.17) is 14.2 Å². The first-order valence-electron chi connectivity index (χ1n) is 8.61. The molecule has 2 heterocycles. The van der Waals surface area contributed by atoms with Gasteiger partial charge in [0.15, 0.2) is 6.29 Å². The van der Waals surface area contributed by atoms with Crippen LogP contribution in [0, 0.1) is 5.41 Å². The molecule has 0 aromatic heterocycles. The monoisotopic (exact) mass is 382 g/mol. The van der Waals surface area contributed by atoms with E-state index in [-0.39, 0.29) is 0 Å². The normalized spacial score (nSPS) is 47.8. The summed E-state index contributed by atoms with van der Waals surface area (Å²) in [6.45, 7) is 4.26. The molecule has 0 saturated carbocycles. The Morgan fingerprint density at radius 2 is 1.31 bits per heavy atom. The van der Waals surface area contributed by atoms with Crippen LogP contribution in [0.1, 0.15) is 20.8 Å². The fourth-order valence-corrected chi connectivity index (χ4v) is 3.31. The lowest BCUT2D eigenvalue weighted by atomic mass is 9.80. The Balaban J connectivity index is 2.16. The van der Waals surface area contributed by atoms with Crippen molar-refractivity contribution in [2.45, 2.75) is 82.0 Å². The highest BCUT2D eigenvalue weighted by Crippen LogP contribution is 2.35. The van der Waals surface area contributed by atoms with E-state index in [2.05, 4.69) is 0 Å². The van der Waals surface area contributed by atoms with Crippen molar-refractivity contribution in [1.82, 2.24) is 0 Å². The molecule has 0 amide bonds. The summed E-state index contributed by atoms with van der Waals surface area (Å²) in [6, 6.07) is 0. The van der Waals surface area contributed by atoms with E-state index in [1.165, 1.54) is 0 Å². The average Bonchev–Trinajstić information content (AvgIpc) is 2.58. The topological polar surface area (TPSA) is 169 Å². The van der Waals surface area contributed by atoms with Crippen LogP contribution in [0.5, 0.6) is 0 Å². The van der Waals surface area contributed by atoms with E-state index < -0.39 is 79.9 Å².